The predicted octanol–water partition coefficient (Wildman–Crippen LogP) is 2.93. The number of piperidine rings is 2. The van der Waals surface area contributed by atoms with Crippen LogP contribution >= 0.6 is 0 Å². The highest BCUT2D eigenvalue weighted by molar-refractivity contribution is 5.86. The van der Waals surface area contributed by atoms with E-state index in [-0.39, 0.29) is 28.5 Å². The topological polar surface area (TPSA) is 102 Å². The molecule has 0 radical (unpaired) electrons. The largest absolute Gasteiger partial charge is 0.507 e. The number of aromatic hydroxyl groups is 1. The number of phenolic OH excluding ortho intramolecular Hbond substituents is 1. The molecule has 0 saturated carbocycles. The Hall–Kier alpha value is -3.00. The number of aromatic nitrogens is 4. The summed E-state index contributed by atoms with van der Waals surface area (Å²) in [5.74, 6) is 0.474. The van der Waals surface area contributed by atoms with Crippen molar-refractivity contribution in [3.05, 3.63) is 40.9 Å². The molecule has 8 heteroatoms. The zero-order valence-electron chi connectivity index (χ0n) is 18.1. The molecule has 0 spiro atoms. The van der Waals surface area contributed by atoms with Crippen LogP contribution in [0.3, 0.4) is 0 Å². The summed E-state index contributed by atoms with van der Waals surface area (Å²) in [5.41, 5.74) is 1.36. The second-order valence-electron chi connectivity index (χ2n) is 9.55. The van der Waals surface area contributed by atoms with Crippen molar-refractivity contribution in [2.45, 2.75) is 63.1 Å². The van der Waals surface area contributed by atoms with Crippen LogP contribution in [0.5, 0.6) is 11.6 Å². The Balaban J connectivity index is 1.40. The van der Waals surface area contributed by atoms with Crippen LogP contribution in [-0.2, 0) is 7.05 Å². The first-order chi connectivity index (χ1) is 14.7. The van der Waals surface area contributed by atoms with Gasteiger partial charge in [0.1, 0.15) is 11.9 Å². The lowest BCUT2D eigenvalue weighted by molar-refractivity contribution is 0.00726. The lowest BCUT2D eigenvalue weighted by atomic mass is 9.70. The Morgan fingerprint density at radius 1 is 1.16 bits per heavy atom. The number of phenols is 1. The number of hydrogen-bond donors (Lipinski definition) is 2. The van der Waals surface area contributed by atoms with Crippen LogP contribution in [0.1, 0.15) is 46.0 Å². The maximum atomic E-state index is 12.4. The van der Waals surface area contributed by atoms with Gasteiger partial charge in [-0.15, -0.1) is 10.2 Å². The van der Waals surface area contributed by atoms with E-state index in [4.69, 9.17) is 4.74 Å². The molecule has 2 bridgehead atoms. The average Bonchev–Trinajstić information content (AvgIpc) is 2.70. The number of rotatable bonds is 3. The molecule has 162 valence electrons. The third-order valence-electron chi connectivity index (χ3n) is 6.66. The summed E-state index contributed by atoms with van der Waals surface area (Å²) < 4.78 is 7.61. The van der Waals surface area contributed by atoms with Crippen molar-refractivity contribution in [3.8, 4) is 22.9 Å². The molecule has 0 amide bonds. The summed E-state index contributed by atoms with van der Waals surface area (Å²) in [4.78, 5) is 16.6. The number of hydrogen-bond acceptors (Lipinski definition) is 7. The minimum atomic E-state index is -0.183. The van der Waals surface area contributed by atoms with Gasteiger partial charge in [-0.05, 0) is 45.2 Å². The number of nitrogens with zero attached hydrogens (tertiary/aromatic N) is 4. The molecule has 2 fully saturated rings. The maximum absolute atomic E-state index is 12.4. The molecule has 5 rings (SSSR count). The zero-order chi connectivity index (χ0) is 21.8. The van der Waals surface area contributed by atoms with Crippen molar-refractivity contribution in [2.75, 3.05) is 0 Å². The fourth-order valence-corrected chi connectivity index (χ4v) is 5.34. The molecule has 3 aromatic rings. The molecule has 31 heavy (non-hydrogen) atoms. The smallest absolute Gasteiger partial charge is 0.260 e. The first-order valence-electron chi connectivity index (χ1n) is 10.7. The van der Waals surface area contributed by atoms with Crippen molar-refractivity contribution < 1.29 is 9.84 Å². The van der Waals surface area contributed by atoms with E-state index in [1.807, 2.05) is 0 Å². The quantitative estimate of drug-likeness (QED) is 0.670. The van der Waals surface area contributed by atoms with Gasteiger partial charge in [0.2, 0.25) is 5.88 Å². The Labute approximate surface area is 180 Å². The second kappa shape index (κ2) is 7.02. The highest BCUT2D eigenvalue weighted by Crippen LogP contribution is 2.41. The maximum Gasteiger partial charge on any atom is 0.260 e. The van der Waals surface area contributed by atoms with E-state index in [9.17, 15) is 9.90 Å². The molecule has 8 nitrogen and oxygen atoms in total. The lowest BCUT2D eigenvalue weighted by Gasteiger charge is -2.53. The van der Waals surface area contributed by atoms with Gasteiger partial charge in [0.05, 0.1) is 22.9 Å². The summed E-state index contributed by atoms with van der Waals surface area (Å²) in [6.45, 7) is 4.55. The average molecular weight is 422 g/mol. The zero-order valence-corrected chi connectivity index (χ0v) is 18.1. The number of aryl methyl sites for hydroxylation is 1. The molecule has 4 heterocycles. The summed E-state index contributed by atoms with van der Waals surface area (Å²) >= 11 is 0. The van der Waals surface area contributed by atoms with E-state index < -0.39 is 0 Å². The fraction of sp³-hybridized carbons (Fsp3) is 0.478. The van der Waals surface area contributed by atoms with Gasteiger partial charge in [0, 0.05) is 48.7 Å². The van der Waals surface area contributed by atoms with E-state index >= 15 is 0 Å². The van der Waals surface area contributed by atoms with Crippen LogP contribution < -0.4 is 15.6 Å². The SMILES string of the molecule is Cn1cnc2cc(O)c(-c3ccc(OC4C[C@]5(C)CCC[C@](C)(C4)N5)nn3)cc2c1=O. The van der Waals surface area contributed by atoms with E-state index in [1.165, 1.54) is 23.4 Å². The highest BCUT2D eigenvalue weighted by Gasteiger charge is 2.46. The second-order valence-corrected chi connectivity index (χ2v) is 9.55. The van der Waals surface area contributed by atoms with Gasteiger partial charge in [-0.3, -0.25) is 4.79 Å². The van der Waals surface area contributed by atoms with Crippen molar-refractivity contribution in [1.82, 2.24) is 25.1 Å². The monoisotopic (exact) mass is 421 g/mol. The third-order valence-corrected chi connectivity index (χ3v) is 6.66. The van der Waals surface area contributed by atoms with Crippen LogP contribution in [0.25, 0.3) is 22.2 Å². The van der Waals surface area contributed by atoms with Crippen molar-refractivity contribution >= 4 is 10.9 Å². The van der Waals surface area contributed by atoms with Crippen LogP contribution in [0.2, 0.25) is 0 Å². The third kappa shape index (κ3) is 3.65. The predicted molar refractivity (Wildman–Crippen MR) is 117 cm³/mol. The first-order valence-corrected chi connectivity index (χ1v) is 10.7. The highest BCUT2D eigenvalue weighted by atomic mass is 16.5. The normalized spacial score (nSPS) is 27.9. The number of fused-ring (bicyclic) bond motifs is 3. The number of ether oxygens (including phenoxy) is 1. The van der Waals surface area contributed by atoms with E-state index in [2.05, 4.69) is 34.3 Å². The van der Waals surface area contributed by atoms with E-state index in [1.54, 1.807) is 25.2 Å². The summed E-state index contributed by atoms with van der Waals surface area (Å²) in [6, 6.07) is 6.62. The summed E-state index contributed by atoms with van der Waals surface area (Å²) in [5, 5.41) is 23.2. The van der Waals surface area contributed by atoms with E-state index in [0.29, 0.717) is 28.0 Å². The van der Waals surface area contributed by atoms with Crippen LogP contribution in [0.15, 0.2) is 35.4 Å². The van der Waals surface area contributed by atoms with Gasteiger partial charge in [0.15, 0.2) is 0 Å². The van der Waals surface area contributed by atoms with Crippen molar-refractivity contribution in [1.29, 1.82) is 0 Å². The number of benzene rings is 1. The van der Waals surface area contributed by atoms with Crippen LogP contribution in [0, 0.1) is 0 Å². The molecule has 2 aliphatic heterocycles. The van der Waals surface area contributed by atoms with Crippen LogP contribution in [-0.4, -0.2) is 42.0 Å². The molecule has 2 aromatic heterocycles. The van der Waals surface area contributed by atoms with Gasteiger partial charge >= 0.3 is 0 Å². The molecule has 1 unspecified atom stereocenters. The molecule has 1 aromatic carbocycles. The summed E-state index contributed by atoms with van der Waals surface area (Å²) in [6.07, 6.45) is 6.95. The van der Waals surface area contributed by atoms with Gasteiger partial charge < -0.3 is 19.7 Å². The van der Waals surface area contributed by atoms with Gasteiger partial charge in [-0.2, -0.15) is 0 Å². The van der Waals surface area contributed by atoms with Gasteiger partial charge in [-0.1, -0.05) is 0 Å². The minimum Gasteiger partial charge on any atom is -0.507 e. The van der Waals surface area contributed by atoms with Crippen molar-refractivity contribution in [3.63, 3.8) is 0 Å². The first kappa shape index (κ1) is 19.9. The molecule has 2 saturated heterocycles. The van der Waals surface area contributed by atoms with Crippen LogP contribution in [0.4, 0.5) is 0 Å². The Morgan fingerprint density at radius 2 is 1.90 bits per heavy atom. The molecule has 2 N–H and O–H groups in total. The minimum absolute atomic E-state index is 0.00301. The Kier molecular flexibility index (Phi) is 4.51. The van der Waals surface area contributed by atoms with Crippen molar-refractivity contribution in [2.24, 2.45) is 7.05 Å². The molecular formula is C23H27N5O3. The lowest BCUT2D eigenvalue weighted by Crippen LogP contribution is -2.65. The molecular weight excluding hydrogens is 394 g/mol. The standard InChI is InChI=1S/C23H27N5O3/c1-22-7-4-8-23(2,27-22)12-14(11-22)31-20-6-5-17(25-26-20)15-9-16-18(10-19(15)29)24-13-28(3)21(16)30/h5-6,9-10,13-14,27,29H,4,7-8,11-12H2,1-3H3/t14?,22-,23+. The summed E-state index contributed by atoms with van der Waals surface area (Å²) in [7, 11) is 1.64. The Morgan fingerprint density at radius 3 is 2.58 bits per heavy atom. The molecule has 0 aliphatic carbocycles. The van der Waals surface area contributed by atoms with E-state index in [0.717, 1.165) is 25.7 Å². The van der Waals surface area contributed by atoms with Gasteiger partial charge in [0.25, 0.3) is 5.56 Å². The number of nitrogens with one attached hydrogen (secondary N) is 1. The molecule has 3 atom stereocenters. The van der Waals surface area contributed by atoms with Gasteiger partial charge in [-0.25, -0.2) is 4.98 Å². The fourth-order valence-electron chi connectivity index (χ4n) is 5.34. The molecule has 2 aliphatic rings. The Bertz CT molecular complexity index is 1190.